The molecule has 0 radical (unpaired) electrons. The van der Waals surface area contributed by atoms with Crippen molar-refractivity contribution in [2.45, 2.75) is 25.9 Å². The fourth-order valence-electron chi connectivity index (χ4n) is 2.81. The number of piperidine rings is 1. The van der Waals surface area contributed by atoms with Gasteiger partial charge in [0.15, 0.2) is 0 Å². The van der Waals surface area contributed by atoms with Crippen molar-refractivity contribution in [3.8, 4) is 6.07 Å². The zero-order valence-corrected chi connectivity index (χ0v) is 12.8. The molecule has 1 aromatic rings. The number of amides is 1. The highest BCUT2D eigenvalue weighted by Crippen LogP contribution is 2.34. The maximum Gasteiger partial charge on any atom is 0.417 e. The minimum Gasteiger partial charge on any atom is -0.371 e. The Morgan fingerprint density at radius 3 is 2.83 bits per heavy atom. The molecule has 1 heterocycles. The Bertz CT molecular complexity index is 622. The number of anilines is 1. The van der Waals surface area contributed by atoms with Crippen molar-refractivity contribution < 1.29 is 18.0 Å². The van der Waals surface area contributed by atoms with Gasteiger partial charge in [-0.25, -0.2) is 0 Å². The average Bonchev–Trinajstić information content (AvgIpc) is 2.53. The zero-order valence-electron chi connectivity index (χ0n) is 12.8. The van der Waals surface area contributed by atoms with Gasteiger partial charge in [-0.3, -0.25) is 4.79 Å². The van der Waals surface area contributed by atoms with Crippen molar-refractivity contribution >= 4 is 11.6 Å². The maximum atomic E-state index is 12.8. The lowest BCUT2D eigenvalue weighted by Gasteiger charge is -2.34. The van der Waals surface area contributed by atoms with E-state index in [1.165, 1.54) is 12.1 Å². The normalized spacial score (nSPS) is 18.4. The summed E-state index contributed by atoms with van der Waals surface area (Å²) in [5.74, 6) is -0.221. The first-order valence-corrected chi connectivity index (χ1v) is 7.50. The topological polar surface area (TPSA) is 56.1 Å². The number of nitrogens with one attached hydrogen (secondary N) is 1. The number of carbonyl (C=O) groups is 1. The molecule has 1 aliphatic heterocycles. The summed E-state index contributed by atoms with van der Waals surface area (Å²) in [5, 5.41) is 11.8. The molecule has 0 aliphatic carbocycles. The first-order chi connectivity index (χ1) is 10.9. The highest BCUT2D eigenvalue weighted by molar-refractivity contribution is 5.79. The number of hydrogen-bond acceptors (Lipinski definition) is 3. The lowest BCUT2D eigenvalue weighted by atomic mass is 9.96. The van der Waals surface area contributed by atoms with Crippen LogP contribution in [0.4, 0.5) is 18.9 Å². The Morgan fingerprint density at radius 1 is 1.48 bits per heavy atom. The van der Waals surface area contributed by atoms with Crippen LogP contribution < -0.4 is 10.2 Å². The summed E-state index contributed by atoms with van der Waals surface area (Å²) >= 11 is 0. The molecule has 1 fully saturated rings. The van der Waals surface area contributed by atoms with Crippen LogP contribution in [0.25, 0.3) is 0 Å². The van der Waals surface area contributed by atoms with Gasteiger partial charge in [-0.05, 0) is 38.0 Å². The second-order valence-electron chi connectivity index (χ2n) is 5.52. The lowest BCUT2D eigenvalue weighted by molar-refractivity contribution is -0.137. The molecular weight excluding hydrogens is 307 g/mol. The summed E-state index contributed by atoms with van der Waals surface area (Å²) in [6.45, 7) is 3.50. The van der Waals surface area contributed by atoms with Crippen LogP contribution in [0.3, 0.4) is 0 Å². The van der Waals surface area contributed by atoms with Gasteiger partial charge in [-0.15, -0.1) is 0 Å². The molecule has 0 aromatic heterocycles. The summed E-state index contributed by atoms with van der Waals surface area (Å²) in [4.78, 5) is 13.8. The van der Waals surface area contributed by atoms with Crippen LogP contribution in [0.2, 0.25) is 0 Å². The van der Waals surface area contributed by atoms with E-state index in [-0.39, 0.29) is 11.8 Å². The van der Waals surface area contributed by atoms with Crippen LogP contribution in [0.5, 0.6) is 0 Å². The maximum absolute atomic E-state index is 12.8. The van der Waals surface area contributed by atoms with Gasteiger partial charge in [0.1, 0.15) is 0 Å². The second kappa shape index (κ2) is 6.90. The minimum absolute atomic E-state index is 0.0374. The van der Waals surface area contributed by atoms with Crippen LogP contribution in [0, 0.1) is 17.2 Å². The number of carbonyl (C=O) groups excluding carboxylic acids is 1. The van der Waals surface area contributed by atoms with Gasteiger partial charge in [0.25, 0.3) is 0 Å². The van der Waals surface area contributed by atoms with Gasteiger partial charge in [0.05, 0.1) is 23.1 Å². The van der Waals surface area contributed by atoms with E-state index in [4.69, 9.17) is 5.26 Å². The third-order valence-electron chi connectivity index (χ3n) is 3.94. The standard InChI is InChI=1S/C16H18F3N3O/c1-2-21-15(23)11-4-3-7-22(10-11)13-5-6-14(16(17,18)19)12(8-13)9-20/h5-6,8,11H,2-4,7,10H2,1H3,(H,21,23)/t11-/m0/s1. The molecule has 1 saturated heterocycles. The van der Waals surface area contributed by atoms with Gasteiger partial charge in [-0.1, -0.05) is 0 Å². The Labute approximate surface area is 132 Å². The number of benzene rings is 1. The molecule has 1 amide bonds. The molecule has 23 heavy (non-hydrogen) atoms. The number of alkyl halides is 3. The Kier molecular flexibility index (Phi) is 5.14. The molecule has 1 aliphatic rings. The molecular formula is C16H18F3N3O. The van der Waals surface area contributed by atoms with E-state index < -0.39 is 17.3 Å². The second-order valence-corrected chi connectivity index (χ2v) is 5.52. The fourth-order valence-corrected chi connectivity index (χ4v) is 2.81. The summed E-state index contributed by atoms with van der Waals surface area (Å²) in [6, 6.07) is 5.16. The van der Waals surface area contributed by atoms with E-state index >= 15 is 0 Å². The first kappa shape index (κ1) is 17.1. The molecule has 0 saturated carbocycles. The third kappa shape index (κ3) is 3.95. The van der Waals surface area contributed by atoms with Gasteiger partial charge in [0.2, 0.25) is 5.91 Å². The number of nitrogens with zero attached hydrogens (tertiary/aromatic N) is 2. The van der Waals surface area contributed by atoms with Crippen LogP contribution in [-0.4, -0.2) is 25.5 Å². The monoisotopic (exact) mass is 325 g/mol. The molecule has 124 valence electrons. The fraction of sp³-hybridized carbons (Fsp3) is 0.500. The minimum atomic E-state index is -4.55. The molecule has 0 bridgehead atoms. The number of nitriles is 1. The van der Waals surface area contributed by atoms with Crippen molar-refractivity contribution in [1.82, 2.24) is 5.32 Å². The molecule has 1 N–H and O–H groups in total. The van der Waals surface area contributed by atoms with Gasteiger partial charge in [0, 0.05) is 25.3 Å². The van der Waals surface area contributed by atoms with E-state index in [0.717, 1.165) is 18.9 Å². The molecule has 2 rings (SSSR count). The SMILES string of the molecule is CCNC(=O)[C@H]1CCCN(c2ccc(C(F)(F)F)c(C#N)c2)C1. The van der Waals surface area contributed by atoms with Crippen molar-refractivity contribution in [3.63, 3.8) is 0 Å². The predicted octanol–water partition coefficient (Wildman–Crippen LogP) is 2.93. The predicted molar refractivity (Wildman–Crippen MR) is 79.8 cm³/mol. The van der Waals surface area contributed by atoms with Gasteiger partial charge >= 0.3 is 6.18 Å². The smallest absolute Gasteiger partial charge is 0.371 e. The lowest BCUT2D eigenvalue weighted by Crippen LogP contribution is -2.43. The van der Waals surface area contributed by atoms with Crippen LogP contribution in [-0.2, 0) is 11.0 Å². The van der Waals surface area contributed by atoms with E-state index in [1.54, 1.807) is 6.07 Å². The zero-order chi connectivity index (χ0) is 17.0. The third-order valence-corrected chi connectivity index (χ3v) is 3.94. The molecule has 4 nitrogen and oxygen atoms in total. The quantitative estimate of drug-likeness (QED) is 0.929. The number of rotatable bonds is 3. The summed E-state index contributed by atoms with van der Waals surface area (Å²) in [6.07, 6.45) is -3.01. The van der Waals surface area contributed by atoms with Crippen molar-refractivity contribution in [2.75, 3.05) is 24.5 Å². The van der Waals surface area contributed by atoms with Crippen molar-refractivity contribution in [1.29, 1.82) is 5.26 Å². The Morgan fingerprint density at radius 2 is 2.22 bits per heavy atom. The summed E-state index contributed by atoms with van der Waals surface area (Å²) < 4.78 is 38.5. The van der Waals surface area contributed by atoms with E-state index in [1.807, 2.05) is 11.8 Å². The van der Waals surface area contributed by atoms with Gasteiger partial charge in [-0.2, -0.15) is 18.4 Å². The summed E-state index contributed by atoms with van der Waals surface area (Å²) in [5.41, 5.74) is -0.778. The van der Waals surface area contributed by atoms with Crippen molar-refractivity contribution in [3.05, 3.63) is 29.3 Å². The van der Waals surface area contributed by atoms with Crippen LogP contribution >= 0.6 is 0 Å². The summed E-state index contributed by atoms with van der Waals surface area (Å²) in [7, 11) is 0. The highest BCUT2D eigenvalue weighted by Gasteiger charge is 2.34. The van der Waals surface area contributed by atoms with Crippen molar-refractivity contribution in [2.24, 2.45) is 5.92 Å². The van der Waals surface area contributed by atoms with E-state index in [9.17, 15) is 18.0 Å². The molecule has 1 aromatic carbocycles. The molecule has 0 unspecified atom stereocenters. The van der Waals surface area contributed by atoms with Crippen LogP contribution in [0.1, 0.15) is 30.9 Å². The average molecular weight is 325 g/mol. The number of hydrogen-bond donors (Lipinski definition) is 1. The Balaban J connectivity index is 2.22. The van der Waals surface area contributed by atoms with Crippen LogP contribution in [0.15, 0.2) is 18.2 Å². The van der Waals surface area contributed by atoms with E-state index in [2.05, 4.69) is 5.32 Å². The van der Waals surface area contributed by atoms with E-state index in [0.29, 0.717) is 25.3 Å². The first-order valence-electron chi connectivity index (χ1n) is 7.50. The van der Waals surface area contributed by atoms with Gasteiger partial charge < -0.3 is 10.2 Å². The highest BCUT2D eigenvalue weighted by atomic mass is 19.4. The molecule has 1 atom stereocenters. The largest absolute Gasteiger partial charge is 0.417 e. The molecule has 0 spiro atoms. The Hall–Kier alpha value is -2.23. The molecule has 7 heteroatoms. The number of halogens is 3.